The third-order valence-corrected chi connectivity index (χ3v) is 6.96. The predicted molar refractivity (Wildman–Crippen MR) is 133 cm³/mol. The number of fused-ring (bicyclic) bond motifs is 1. The molecule has 2 heterocycles. The van der Waals surface area contributed by atoms with Crippen LogP contribution in [-0.4, -0.2) is 56.3 Å². The molecule has 33 heavy (non-hydrogen) atoms. The van der Waals surface area contributed by atoms with Crippen molar-refractivity contribution in [2.24, 2.45) is 0 Å². The van der Waals surface area contributed by atoms with Gasteiger partial charge in [-0.1, -0.05) is 72.8 Å². The van der Waals surface area contributed by atoms with Gasteiger partial charge >= 0.3 is 0 Å². The Morgan fingerprint density at radius 1 is 0.879 bits per heavy atom. The summed E-state index contributed by atoms with van der Waals surface area (Å²) in [7, 11) is 0. The second kappa shape index (κ2) is 9.65. The Labute approximate surface area is 200 Å². The largest absolute Gasteiger partial charge is 0.390 e. The van der Waals surface area contributed by atoms with Gasteiger partial charge in [-0.25, -0.2) is 9.40 Å². The summed E-state index contributed by atoms with van der Waals surface area (Å²) >= 11 is 6.63. The van der Waals surface area contributed by atoms with E-state index in [9.17, 15) is 5.11 Å². The molecule has 6 heteroatoms. The van der Waals surface area contributed by atoms with E-state index >= 15 is 0 Å². The zero-order chi connectivity index (χ0) is 22.7. The molecule has 5 rings (SSSR count). The first-order valence-electron chi connectivity index (χ1n) is 11.5. The minimum Gasteiger partial charge on any atom is -0.390 e. The molecule has 0 aliphatic carbocycles. The SMILES string of the molecule is OC(CN1CCN(Cl)CC1(Cc1ccccc1)c1ccccc1)Cn1cnc2ccccc21. The van der Waals surface area contributed by atoms with E-state index in [0.29, 0.717) is 19.6 Å². The Bertz CT molecular complexity index is 1180. The van der Waals surface area contributed by atoms with Crippen LogP contribution in [0.3, 0.4) is 0 Å². The number of aromatic nitrogens is 2. The molecule has 1 saturated heterocycles. The molecule has 1 aliphatic heterocycles. The third kappa shape index (κ3) is 4.68. The number of aliphatic hydroxyl groups excluding tert-OH is 1. The molecule has 0 amide bonds. The lowest BCUT2D eigenvalue weighted by molar-refractivity contribution is -0.0137. The quantitative estimate of drug-likeness (QED) is 0.417. The van der Waals surface area contributed by atoms with Gasteiger partial charge in [0.25, 0.3) is 0 Å². The summed E-state index contributed by atoms with van der Waals surface area (Å²) in [6.07, 6.45) is 2.10. The highest BCUT2D eigenvalue weighted by atomic mass is 35.5. The number of benzene rings is 3. The maximum absolute atomic E-state index is 11.2. The van der Waals surface area contributed by atoms with Crippen LogP contribution in [0, 0.1) is 0 Å². The van der Waals surface area contributed by atoms with Crippen LogP contribution in [0.5, 0.6) is 0 Å². The fourth-order valence-electron chi connectivity index (χ4n) is 5.09. The van der Waals surface area contributed by atoms with Crippen molar-refractivity contribution in [1.29, 1.82) is 0 Å². The van der Waals surface area contributed by atoms with Crippen LogP contribution in [0.1, 0.15) is 11.1 Å². The van der Waals surface area contributed by atoms with Gasteiger partial charge < -0.3 is 9.67 Å². The maximum Gasteiger partial charge on any atom is 0.0959 e. The van der Waals surface area contributed by atoms with E-state index in [1.807, 2.05) is 51.7 Å². The van der Waals surface area contributed by atoms with E-state index in [1.165, 1.54) is 11.1 Å². The molecular weight excluding hydrogens is 432 g/mol. The molecule has 1 fully saturated rings. The van der Waals surface area contributed by atoms with Crippen LogP contribution in [0.25, 0.3) is 11.0 Å². The first kappa shape index (κ1) is 22.1. The van der Waals surface area contributed by atoms with E-state index in [0.717, 1.165) is 30.5 Å². The molecule has 2 atom stereocenters. The third-order valence-electron chi connectivity index (χ3n) is 6.67. The molecule has 2 unspecified atom stereocenters. The number of aliphatic hydroxyl groups is 1. The number of hydrogen-bond donors (Lipinski definition) is 1. The summed E-state index contributed by atoms with van der Waals surface area (Å²) in [5.74, 6) is 0. The summed E-state index contributed by atoms with van der Waals surface area (Å²) in [5.41, 5.74) is 4.14. The Morgan fingerprint density at radius 3 is 2.36 bits per heavy atom. The van der Waals surface area contributed by atoms with E-state index in [4.69, 9.17) is 11.8 Å². The van der Waals surface area contributed by atoms with Crippen molar-refractivity contribution in [2.45, 2.75) is 24.6 Å². The molecular formula is C27H29ClN4O. The molecule has 1 N–H and O–H groups in total. The number of rotatable bonds is 7. The number of nitrogens with zero attached hydrogens (tertiary/aromatic N) is 4. The van der Waals surface area contributed by atoms with Crippen molar-refractivity contribution in [1.82, 2.24) is 18.9 Å². The van der Waals surface area contributed by atoms with Crippen molar-refractivity contribution in [3.63, 3.8) is 0 Å². The van der Waals surface area contributed by atoms with Gasteiger partial charge in [0.2, 0.25) is 0 Å². The minimum atomic E-state index is -0.539. The van der Waals surface area contributed by atoms with Crippen LogP contribution in [-0.2, 0) is 18.5 Å². The summed E-state index contributed by atoms with van der Waals surface area (Å²) in [5, 5.41) is 11.2. The zero-order valence-electron chi connectivity index (χ0n) is 18.6. The molecule has 3 aromatic carbocycles. The second-order valence-electron chi connectivity index (χ2n) is 8.89. The van der Waals surface area contributed by atoms with E-state index < -0.39 is 6.10 Å². The van der Waals surface area contributed by atoms with Crippen LogP contribution >= 0.6 is 11.8 Å². The molecule has 0 radical (unpaired) electrons. The highest BCUT2D eigenvalue weighted by Crippen LogP contribution is 2.37. The number of β-amino-alcohol motifs (C(OH)–C–C–N with tert-alkyl or cyclic N) is 1. The standard InChI is InChI=1S/C27H29ClN4O/c28-32-16-15-31(19-24(33)18-30-21-29-25-13-7-8-14-26(25)30)27(20-32,23-11-5-2-6-12-23)17-22-9-3-1-4-10-22/h1-14,21,24,33H,15-20H2. The predicted octanol–water partition coefficient (Wildman–Crippen LogP) is 4.31. The smallest absolute Gasteiger partial charge is 0.0959 e. The van der Waals surface area contributed by atoms with Crippen molar-refractivity contribution < 1.29 is 5.11 Å². The van der Waals surface area contributed by atoms with Gasteiger partial charge in [0.1, 0.15) is 0 Å². The molecule has 4 aromatic rings. The zero-order valence-corrected chi connectivity index (χ0v) is 19.4. The Hall–Kier alpha value is -2.70. The Balaban J connectivity index is 1.45. The second-order valence-corrected chi connectivity index (χ2v) is 9.37. The van der Waals surface area contributed by atoms with Gasteiger partial charge in [0, 0.05) is 26.2 Å². The first-order chi connectivity index (χ1) is 16.1. The summed E-state index contributed by atoms with van der Waals surface area (Å²) in [6.45, 7) is 3.28. The fourth-order valence-corrected chi connectivity index (χ4v) is 5.37. The summed E-state index contributed by atoms with van der Waals surface area (Å²) in [6, 6.07) is 29.2. The van der Waals surface area contributed by atoms with Crippen molar-refractivity contribution in [2.75, 3.05) is 26.2 Å². The number of imidazole rings is 1. The number of halogens is 1. The van der Waals surface area contributed by atoms with Gasteiger partial charge in [0.15, 0.2) is 0 Å². The Kier molecular flexibility index (Phi) is 6.47. The number of para-hydroxylation sites is 2. The van der Waals surface area contributed by atoms with Gasteiger partial charge in [-0.3, -0.25) is 4.90 Å². The average Bonchev–Trinajstić information content (AvgIpc) is 3.25. The number of hydrogen-bond acceptors (Lipinski definition) is 4. The molecule has 0 saturated carbocycles. The summed E-state index contributed by atoms with van der Waals surface area (Å²) < 4.78 is 3.93. The maximum atomic E-state index is 11.2. The monoisotopic (exact) mass is 460 g/mol. The van der Waals surface area contributed by atoms with Crippen molar-refractivity contribution in [3.8, 4) is 0 Å². The summed E-state index contributed by atoms with van der Waals surface area (Å²) in [4.78, 5) is 6.90. The number of piperazine rings is 1. The highest BCUT2D eigenvalue weighted by molar-refractivity contribution is 6.13. The van der Waals surface area contributed by atoms with Crippen molar-refractivity contribution in [3.05, 3.63) is 102 Å². The van der Waals surface area contributed by atoms with E-state index in [-0.39, 0.29) is 5.54 Å². The van der Waals surface area contributed by atoms with E-state index in [2.05, 4.69) is 58.4 Å². The van der Waals surface area contributed by atoms with Gasteiger partial charge in [-0.2, -0.15) is 0 Å². The Morgan fingerprint density at radius 2 is 1.58 bits per heavy atom. The fraction of sp³-hybridized carbons (Fsp3) is 0.296. The minimum absolute atomic E-state index is 0.333. The molecule has 1 aromatic heterocycles. The van der Waals surface area contributed by atoms with Crippen LogP contribution < -0.4 is 0 Å². The van der Waals surface area contributed by atoms with Gasteiger partial charge in [0.05, 0.1) is 35.5 Å². The first-order valence-corrected chi connectivity index (χ1v) is 11.8. The van der Waals surface area contributed by atoms with Crippen molar-refractivity contribution >= 4 is 22.8 Å². The highest BCUT2D eigenvalue weighted by Gasteiger charge is 2.43. The molecule has 0 spiro atoms. The average molecular weight is 461 g/mol. The van der Waals surface area contributed by atoms with Crippen LogP contribution in [0.4, 0.5) is 0 Å². The molecule has 0 bridgehead atoms. The van der Waals surface area contributed by atoms with Gasteiger partial charge in [-0.15, -0.1) is 0 Å². The molecule has 1 aliphatic rings. The van der Waals surface area contributed by atoms with Crippen LogP contribution in [0.15, 0.2) is 91.3 Å². The topological polar surface area (TPSA) is 44.5 Å². The lowest BCUT2D eigenvalue weighted by atomic mass is 9.80. The lowest BCUT2D eigenvalue weighted by Crippen LogP contribution is -2.61. The normalized spacial score (nSPS) is 20.8. The van der Waals surface area contributed by atoms with Gasteiger partial charge in [-0.05, 0) is 41.5 Å². The van der Waals surface area contributed by atoms with Crippen LogP contribution in [0.2, 0.25) is 0 Å². The van der Waals surface area contributed by atoms with E-state index in [1.54, 1.807) is 0 Å². The molecule has 170 valence electrons. The molecule has 5 nitrogen and oxygen atoms in total. The lowest BCUT2D eigenvalue weighted by Gasteiger charge is -2.50.